The van der Waals surface area contributed by atoms with Crippen molar-refractivity contribution in [2.75, 3.05) is 13.7 Å². The van der Waals surface area contributed by atoms with Gasteiger partial charge in [0.15, 0.2) is 6.61 Å². The number of methoxy groups -OCH3 is 1. The molecule has 0 spiro atoms. The lowest BCUT2D eigenvalue weighted by atomic mass is 10.1. The van der Waals surface area contributed by atoms with Gasteiger partial charge in [-0.25, -0.2) is 0 Å². The van der Waals surface area contributed by atoms with Crippen LogP contribution < -0.4 is 20.3 Å². The molecule has 0 aliphatic carbocycles. The molecular formula is C17H17ClN2O4. The average Bonchev–Trinajstić information content (AvgIpc) is 2.59. The summed E-state index contributed by atoms with van der Waals surface area (Å²) in [6, 6.07) is 12.0. The zero-order valence-electron chi connectivity index (χ0n) is 13.3. The minimum absolute atomic E-state index is 0.283. The van der Waals surface area contributed by atoms with E-state index in [1.807, 2.05) is 13.0 Å². The number of hydrogen-bond acceptors (Lipinski definition) is 4. The van der Waals surface area contributed by atoms with Gasteiger partial charge >= 0.3 is 0 Å². The first-order valence-corrected chi connectivity index (χ1v) is 7.50. The average molecular weight is 349 g/mol. The Hall–Kier alpha value is -2.73. The molecule has 2 amide bonds. The van der Waals surface area contributed by atoms with Crippen LogP contribution in [0.3, 0.4) is 0 Å². The Morgan fingerprint density at radius 3 is 2.54 bits per heavy atom. The molecule has 126 valence electrons. The van der Waals surface area contributed by atoms with Crippen molar-refractivity contribution in [1.82, 2.24) is 10.9 Å². The molecule has 2 aromatic rings. The number of para-hydroxylation sites is 1. The number of ether oxygens (including phenoxy) is 2. The molecule has 0 fully saturated rings. The number of rotatable bonds is 5. The predicted molar refractivity (Wildman–Crippen MR) is 90.3 cm³/mol. The highest BCUT2D eigenvalue weighted by atomic mass is 35.5. The monoisotopic (exact) mass is 348 g/mol. The summed E-state index contributed by atoms with van der Waals surface area (Å²) in [7, 11) is 1.47. The minimum Gasteiger partial charge on any atom is -0.496 e. The van der Waals surface area contributed by atoms with Crippen LogP contribution in [0.2, 0.25) is 5.02 Å². The topological polar surface area (TPSA) is 76.7 Å². The molecule has 0 atom stereocenters. The summed E-state index contributed by atoms with van der Waals surface area (Å²) in [5.74, 6) is -0.197. The lowest BCUT2D eigenvalue weighted by Gasteiger charge is -2.12. The molecule has 0 aliphatic rings. The van der Waals surface area contributed by atoms with Gasteiger partial charge in [0, 0.05) is 0 Å². The van der Waals surface area contributed by atoms with E-state index in [0.29, 0.717) is 22.1 Å². The normalized spacial score (nSPS) is 9.96. The number of carbonyl (C=O) groups is 2. The third-order valence-corrected chi connectivity index (χ3v) is 3.42. The van der Waals surface area contributed by atoms with Crippen molar-refractivity contribution < 1.29 is 19.1 Å². The van der Waals surface area contributed by atoms with Crippen molar-refractivity contribution in [1.29, 1.82) is 0 Å². The molecule has 6 nitrogen and oxygen atoms in total. The second-order valence-electron chi connectivity index (χ2n) is 4.93. The molecule has 24 heavy (non-hydrogen) atoms. The van der Waals surface area contributed by atoms with Gasteiger partial charge in [0.05, 0.1) is 17.7 Å². The Kier molecular flexibility index (Phi) is 6.03. The zero-order valence-corrected chi connectivity index (χ0v) is 14.0. The second kappa shape index (κ2) is 8.21. The Morgan fingerprint density at radius 1 is 1.08 bits per heavy atom. The van der Waals surface area contributed by atoms with E-state index in [4.69, 9.17) is 21.1 Å². The van der Waals surface area contributed by atoms with Gasteiger partial charge in [-0.1, -0.05) is 35.4 Å². The largest absolute Gasteiger partial charge is 0.496 e. The van der Waals surface area contributed by atoms with E-state index in [2.05, 4.69) is 10.9 Å². The van der Waals surface area contributed by atoms with Crippen molar-refractivity contribution in [3.8, 4) is 11.5 Å². The van der Waals surface area contributed by atoms with E-state index in [1.54, 1.807) is 36.4 Å². The molecular weight excluding hydrogens is 332 g/mol. The van der Waals surface area contributed by atoms with Crippen LogP contribution >= 0.6 is 11.6 Å². The summed E-state index contributed by atoms with van der Waals surface area (Å²) in [5, 5.41) is 0.402. The number of carbonyl (C=O) groups excluding carboxylic acids is 2. The first kappa shape index (κ1) is 17.6. The number of benzene rings is 2. The summed E-state index contributed by atoms with van der Waals surface area (Å²) >= 11 is 5.92. The standard InChI is InChI=1S/C17H17ClN2O4/c1-11-7-8-14(23-2)12(9-11)17(22)20-19-16(21)10-24-15-6-4-3-5-13(15)18/h3-9H,10H2,1-2H3,(H,19,21)(H,20,22). The summed E-state index contributed by atoms with van der Waals surface area (Å²) in [6.07, 6.45) is 0. The number of aryl methyl sites for hydroxylation is 1. The van der Waals surface area contributed by atoms with Gasteiger partial charge in [-0.05, 0) is 31.2 Å². The maximum atomic E-state index is 12.1. The molecule has 0 bridgehead atoms. The third-order valence-electron chi connectivity index (χ3n) is 3.11. The molecule has 2 aromatic carbocycles. The molecule has 2 N–H and O–H groups in total. The van der Waals surface area contributed by atoms with E-state index in [0.717, 1.165) is 5.56 Å². The summed E-state index contributed by atoms with van der Waals surface area (Å²) in [5.41, 5.74) is 5.82. The highest BCUT2D eigenvalue weighted by molar-refractivity contribution is 6.32. The van der Waals surface area contributed by atoms with Crippen LogP contribution in [-0.4, -0.2) is 25.5 Å². The Bertz CT molecular complexity index is 749. The maximum Gasteiger partial charge on any atom is 0.276 e. The van der Waals surface area contributed by atoms with Crippen molar-refractivity contribution in [2.24, 2.45) is 0 Å². The van der Waals surface area contributed by atoms with Crippen LogP contribution in [0.25, 0.3) is 0 Å². The summed E-state index contributed by atoms with van der Waals surface area (Å²) in [4.78, 5) is 23.9. The van der Waals surface area contributed by atoms with Crippen LogP contribution in [0.15, 0.2) is 42.5 Å². The first-order valence-electron chi connectivity index (χ1n) is 7.12. The molecule has 0 saturated carbocycles. The molecule has 2 rings (SSSR count). The fourth-order valence-corrected chi connectivity index (χ4v) is 2.12. The van der Waals surface area contributed by atoms with Crippen LogP contribution in [0.1, 0.15) is 15.9 Å². The fraction of sp³-hybridized carbons (Fsp3) is 0.176. The van der Waals surface area contributed by atoms with Gasteiger partial charge in [0.25, 0.3) is 11.8 Å². The van der Waals surface area contributed by atoms with Gasteiger partial charge in [0.2, 0.25) is 0 Å². The van der Waals surface area contributed by atoms with Crippen molar-refractivity contribution in [2.45, 2.75) is 6.92 Å². The van der Waals surface area contributed by atoms with Crippen molar-refractivity contribution >= 4 is 23.4 Å². The third kappa shape index (κ3) is 4.63. The number of amides is 2. The molecule has 0 heterocycles. The van der Waals surface area contributed by atoms with E-state index in [1.165, 1.54) is 7.11 Å². The number of halogens is 1. The molecule has 7 heteroatoms. The number of hydrogen-bond donors (Lipinski definition) is 2. The van der Waals surface area contributed by atoms with Gasteiger partial charge < -0.3 is 9.47 Å². The molecule has 0 unspecified atom stereocenters. The van der Waals surface area contributed by atoms with E-state index in [9.17, 15) is 9.59 Å². The lowest BCUT2D eigenvalue weighted by Crippen LogP contribution is -2.44. The van der Waals surface area contributed by atoms with E-state index in [-0.39, 0.29) is 6.61 Å². The van der Waals surface area contributed by atoms with E-state index >= 15 is 0 Å². The molecule has 0 aliphatic heterocycles. The first-order chi connectivity index (χ1) is 11.5. The Labute approximate surface area is 144 Å². The van der Waals surface area contributed by atoms with Crippen LogP contribution in [-0.2, 0) is 4.79 Å². The summed E-state index contributed by atoms with van der Waals surface area (Å²) in [6.45, 7) is 1.57. The van der Waals surface area contributed by atoms with Crippen LogP contribution in [0.4, 0.5) is 0 Å². The van der Waals surface area contributed by atoms with Gasteiger partial charge in [-0.2, -0.15) is 0 Å². The molecule has 0 radical (unpaired) electrons. The summed E-state index contributed by atoms with van der Waals surface area (Å²) < 4.78 is 10.4. The van der Waals surface area contributed by atoms with Crippen LogP contribution in [0.5, 0.6) is 11.5 Å². The molecule has 0 aromatic heterocycles. The van der Waals surface area contributed by atoms with Crippen molar-refractivity contribution in [3.63, 3.8) is 0 Å². The zero-order chi connectivity index (χ0) is 17.5. The number of nitrogens with one attached hydrogen (secondary N) is 2. The van der Waals surface area contributed by atoms with Gasteiger partial charge in [0.1, 0.15) is 11.5 Å². The molecule has 0 saturated heterocycles. The Morgan fingerprint density at radius 2 is 1.83 bits per heavy atom. The smallest absolute Gasteiger partial charge is 0.276 e. The lowest BCUT2D eigenvalue weighted by molar-refractivity contribution is -0.123. The van der Waals surface area contributed by atoms with Gasteiger partial charge in [-0.15, -0.1) is 0 Å². The number of hydrazine groups is 1. The maximum absolute atomic E-state index is 12.1. The predicted octanol–water partition coefficient (Wildman–Crippen LogP) is 2.50. The second-order valence-corrected chi connectivity index (χ2v) is 5.33. The van der Waals surface area contributed by atoms with Crippen molar-refractivity contribution in [3.05, 3.63) is 58.6 Å². The van der Waals surface area contributed by atoms with E-state index < -0.39 is 11.8 Å². The highest BCUT2D eigenvalue weighted by Gasteiger charge is 2.13. The quantitative estimate of drug-likeness (QED) is 0.814. The van der Waals surface area contributed by atoms with Gasteiger partial charge in [-0.3, -0.25) is 20.4 Å². The Balaban J connectivity index is 1.89. The minimum atomic E-state index is -0.519. The van der Waals surface area contributed by atoms with Crippen LogP contribution in [0, 0.1) is 6.92 Å². The SMILES string of the molecule is COc1ccc(C)cc1C(=O)NNC(=O)COc1ccccc1Cl. The fourth-order valence-electron chi connectivity index (χ4n) is 1.93. The highest BCUT2D eigenvalue weighted by Crippen LogP contribution is 2.22.